The number of carbonyl (C=O) groups excluding carboxylic acids is 1. The van der Waals surface area contributed by atoms with Crippen LogP contribution in [0.5, 0.6) is 28.7 Å². The van der Waals surface area contributed by atoms with Gasteiger partial charge in [0.1, 0.15) is 0 Å². The SMILES string of the molecule is COc1cc(/C=C\c2ccc(OC)c(OC)c2NC=CC(=O)c2ccccc2[N+](=O)[O-])cc(OC)c1OC. The van der Waals surface area contributed by atoms with E-state index in [1.54, 1.807) is 38.5 Å². The van der Waals surface area contributed by atoms with Crippen LogP contribution in [0.4, 0.5) is 11.4 Å². The molecular weight excluding hydrogens is 492 g/mol. The van der Waals surface area contributed by atoms with E-state index in [4.69, 9.17) is 23.7 Å². The minimum atomic E-state index is -0.592. The lowest BCUT2D eigenvalue weighted by Gasteiger charge is -2.15. The average Bonchev–Trinajstić information content (AvgIpc) is 2.95. The molecule has 3 aromatic rings. The van der Waals surface area contributed by atoms with E-state index in [-0.39, 0.29) is 11.3 Å². The van der Waals surface area contributed by atoms with E-state index < -0.39 is 10.7 Å². The minimum Gasteiger partial charge on any atom is -0.493 e. The van der Waals surface area contributed by atoms with E-state index >= 15 is 0 Å². The van der Waals surface area contributed by atoms with Crippen LogP contribution >= 0.6 is 0 Å². The molecule has 10 nitrogen and oxygen atoms in total. The third-order valence-corrected chi connectivity index (χ3v) is 5.55. The molecule has 3 rings (SSSR count). The highest BCUT2D eigenvalue weighted by molar-refractivity contribution is 6.07. The lowest BCUT2D eigenvalue weighted by atomic mass is 10.1. The molecule has 10 heteroatoms. The summed E-state index contributed by atoms with van der Waals surface area (Å²) in [5.74, 6) is 1.85. The number of nitrogens with one attached hydrogen (secondary N) is 1. The quantitative estimate of drug-likeness (QED) is 0.107. The van der Waals surface area contributed by atoms with Crippen LogP contribution in [0.15, 0.2) is 60.8 Å². The minimum absolute atomic E-state index is 0.0179. The van der Waals surface area contributed by atoms with Gasteiger partial charge in [-0.3, -0.25) is 14.9 Å². The number of nitro groups is 1. The highest BCUT2D eigenvalue weighted by Gasteiger charge is 2.18. The molecule has 0 fully saturated rings. The molecule has 1 N–H and O–H groups in total. The predicted molar refractivity (Wildman–Crippen MR) is 145 cm³/mol. The third-order valence-electron chi connectivity index (χ3n) is 5.55. The molecule has 0 aliphatic carbocycles. The van der Waals surface area contributed by atoms with Gasteiger partial charge in [0.2, 0.25) is 5.75 Å². The van der Waals surface area contributed by atoms with Crippen LogP contribution in [0, 0.1) is 10.1 Å². The van der Waals surface area contributed by atoms with E-state index in [1.807, 2.05) is 18.2 Å². The highest BCUT2D eigenvalue weighted by Crippen LogP contribution is 2.41. The van der Waals surface area contributed by atoms with Crippen LogP contribution in [0.2, 0.25) is 0 Å². The summed E-state index contributed by atoms with van der Waals surface area (Å²) in [6, 6.07) is 12.9. The van der Waals surface area contributed by atoms with Crippen molar-refractivity contribution in [3.8, 4) is 28.7 Å². The zero-order valence-electron chi connectivity index (χ0n) is 21.6. The van der Waals surface area contributed by atoms with E-state index in [9.17, 15) is 14.9 Å². The van der Waals surface area contributed by atoms with Crippen molar-refractivity contribution >= 4 is 29.3 Å². The van der Waals surface area contributed by atoms with Crippen LogP contribution in [0.1, 0.15) is 21.5 Å². The molecule has 198 valence electrons. The molecule has 0 saturated heterocycles. The van der Waals surface area contributed by atoms with Gasteiger partial charge in [-0.2, -0.15) is 0 Å². The van der Waals surface area contributed by atoms with E-state index in [1.165, 1.54) is 51.8 Å². The van der Waals surface area contributed by atoms with Crippen LogP contribution in [-0.2, 0) is 0 Å². The normalized spacial score (nSPS) is 10.9. The second-order valence-electron chi connectivity index (χ2n) is 7.67. The van der Waals surface area contributed by atoms with Gasteiger partial charge in [0, 0.05) is 23.9 Å². The van der Waals surface area contributed by atoms with Crippen molar-refractivity contribution in [2.75, 3.05) is 40.9 Å². The summed E-state index contributed by atoms with van der Waals surface area (Å²) in [5.41, 5.74) is 1.72. The molecule has 0 aliphatic heterocycles. The van der Waals surface area contributed by atoms with Crippen molar-refractivity contribution in [2.45, 2.75) is 0 Å². The fourth-order valence-electron chi connectivity index (χ4n) is 3.75. The molecule has 0 amide bonds. The summed E-state index contributed by atoms with van der Waals surface area (Å²) >= 11 is 0. The summed E-state index contributed by atoms with van der Waals surface area (Å²) in [5, 5.41) is 14.3. The molecule has 0 aliphatic rings. The molecule has 3 aromatic carbocycles. The lowest BCUT2D eigenvalue weighted by Crippen LogP contribution is -2.03. The maximum atomic E-state index is 12.7. The second-order valence-corrected chi connectivity index (χ2v) is 7.67. The Kier molecular flexibility index (Phi) is 9.31. The zero-order valence-corrected chi connectivity index (χ0v) is 21.6. The van der Waals surface area contributed by atoms with Crippen LogP contribution in [0.3, 0.4) is 0 Å². The summed E-state index contributed by atoms with van der Waals surface area (Å²) in [7, 11) is 7.63. The first-order valence-corrected chi connectivity index (χ1v) is 11.3. The first-order chi connectivity index (χ1) is 18.4. The molecule has 0 bridgehead atoms. The molecule has 0 atom stereocenters. The highest BCUT2D eigenvalue weighted by atomic mass is 16.6. The van der Waals surface area contributed by atoms with Crippen molar-refractivity contribution < 1.29 is 33.4 Å². The molecule has 38 heavy (non-hydrogen) atoms. The van der Waals surface area contributed by atoms with Gasteiger partial charge in [-0.25, -0.2) is 0 Å². The van der Waals surface area contributed by atoms with E-state index in [0.717, 1.165) is 5.56 Å². The lowest BCUT2D eigenvalue weighted by molar-refractivity contribution is -0.385. The number of hydrogen-bond donors (Lipinski definition) is 1. The van der Waals surface area contributed by atoms with Gasteiger partial charge in [-0.15, -0.1) is 0 Å². The van der Waals surface area contributed by atoms with Gasteiger partial charge >= 0.3 is 0 Å². The van der Waals surface area contributed by atoms with Gasteiger partial charge in [-0.05, 0) is 35.9 Å². The fraction of sp³-hybridized carbons (Fsp3) is 0.179. The molecule has 0 aromatic heterocycles. The van der Waals surface area contributed by atoms with E-state index in [0.29, 0.717) is 40.0 Å². The van der Waals surface area contributed by atoms with Gasteiger partial charge in [0.25, 0.3) is 5.69 Å². The Morgan fingerprint density at radius 2 is 1.45 bits per heavy atom. The van der Waals surface area contributed by atoms with Crippen LogP contribution in [-0.4, -0.2) is 46.3 Å². The van der Waals surface area contributed by atoms with Crippen molar-refractivity contribution in [1.82, 2.24) is 0 Å². The summed E-state index contributed by atoms with van der Waals surface area (Å²) in [6.45, 7) is 0. The number of para-hydroxylation sites is 1. The van der Waals surface area contributed by atoms with Gasteiger partial charge in [-0.1, -0.05) is 24.3 Å². The number of benzene rings is 3. The molecular formula is C28H28N2O8. The second kappa shape index (κ2) is 12.8. The number of ether oxygens (including phenoxy) is 5. The number of nitro benzene ring substituents is 1. The number of carbonyl (C=O) groups is 1. The Hall–Kier alpha value is -4.99. The molecule has 0 unspecified atom stereocenters. The number of allylic oxidation sites excluding steroid dienone is 1. The monoisotopic (exact) mass is 520 g/mol. The topological polar surface area (TPSA) is 118 Å². The first-order valence-electron chi connectivity index (χ1n) is 11.3. The number of nitrogens with zero attached hydrogens (tertiary/aromatic N) is 1. The maximum absolute atomic E-state index is 12.7. The average molecular weight is 521 g/mol. The Balaban J connectivity index is 1.98. The summed E-state index contributed by atoms with van der Waals surface area (Å²) in [6.07, 6.45) is 6.29. The Bertz CT molecular complexity index is 1360. The number of hydrogen-bond acceptors (Lipinski definition) is 9. The Labute approximate surface area is 220 Å². The van der Waals surface area contributed by atoms with Gasteiger partial charge in [0.05, 0.1) is 51.7 Å². The van der Waals surface area contributed by atoms with Gasteiger partial charge < -0.3 is 29.0 Å². The molecule has 0 saturated carbocycles. The van der Waals surface area contributed by atoms with Crippen molar-refractivity contribution in [3.05, 3.63) is 87.6 Å². The Morgan fingerprint density at radius 3 is 2.03 bits per heavy atom. The number of anilines is 1. The third kappa shape index (κ3) is 6.04. The maximum Gasteiger partial charge on any atom is 0.280 e. The van der Waals surface area contributed by atoms with Crippen LogP contribution in [0.25, 0.3) is 12.2 Å². The van der Waals surface area contributed by atoms with Gasteiger partial charge in [0.15, 0.2) is 28.8 Å². The van der Waals surface area contributed by atoms with Crippen LogP contribution < -0.4 is 29.0 Å². The van der Waals surface area contributed by atoms with Crippen molar-refractivity contribution in [2.24, 2.45) is 0 Å². The largest absolute Gasteiger partial charge is 0.493 e. The standard InChI is InChI=1S/C28H28N2O8/c1-34-23-13-12-19(11-10-18-16-24(35-2)27(37-4)25(17-18)36-3)26(28(23)38-5)29-15-14-22(31)20-8-6-7-9-21(20)30(32)33/h6-17,29H,1-5H3/b11-10-,15-14?. The number of rotatable bonds is 12. The summed E-state index contributed by atoms with van der Waals surface area (Å²) < 4.78 is 27.2. The first kappa shape index (κ1) is 27.6. The van der Waals surface area contributed by atoms with Crippen molar-refractivity contribution in [1.29, 1.82) is 0 Å². The smallest absolute Gasteiger partial charge is 0.280 e. The number of ketones is 1. The molecule has 0 radical (unpaired) electrons. The van der Waals surface area contributed by atoms with Crippen molar-refractivity contribution in [3.63, 3.8) is 0 Å². The van der Waals surface area contributed by atoms with E-state index in [2.05, 4.69) is 5.32 Å². The number of methoxy groups -OCH3 is 5. The zero-order chi connectivity index (χ0) is 27.7. The Morgan fingerprint density at radius 1 is 0.816 bits per heavy atom. The molecule has 0 spiro atoms. The molecule has 0 heterocycles. The summed E-state index contributed by atoms with van der Waals surface area (Å²) in [4.78, 5) is 23.4. The predicted octanol–water partition coefficient (Wildman–Crippen LogP) is 5.62. The fourth-order valence-corrected chi connectivity index (χ4v) is 3.75.